The maximum Gasteiger partial charge on any atom is 0.275 e. The molecule has 0 spiro atoms. The number of benzene rings is 2. The molecule has 0 aliphatic carbocycles. The Labute approximate surface area is 117 Å². The number of carbonyl (C=O) groups excluding carboxylic acids is 1. The van der Waals surface area contributed by atoms with Gasteiger partial charge in [-0.05, 0) is 18.6 Å². The summed E-state index contributed by atoms with van der Waals surface area (Å²) in [5.74, 6) is 0.443. The lowest BCUT2D eigenvalue weighted by Gasteiger charge is -1.98. The molecule has 0 saturated carbocycles. The van der Waals surface area contributed by atoms with Gasteiger partial charge >= 0.3 is 0 Å². The van der Waals surface area contributed by atoms with Crippen LogP contribution >= 0.6 is 0 Å². The minimum Gasteiger partial charge on any atom is -0.305 e. The smallest absolute Gasteiger partial charge is 0.275 e. The van der Waals surface area contributed by atoms with E-state index in [4.69, 9.17) is 0 Å². The maximum absolute atomic E-state index is 11.9. The number of hydrogen-bond acceptors (Lipinski definition) is 2. The van der Waals surface area contributed by atoms with Gasteiger partial charge in [-0.15, -0.1) is 0 Å². The van der Waals surface area contributed by atoms with E-state index in [1.807, 2.05) is 61.5 Å². The Bertz CT molecular complexity index is 698. The molecule has 0 atom stereocenters. The Morgan fingerprint density at radius 2 is 1.70 bits per heavy atom. The molecule has 3 rings (SSSR count). The van der Waals surface area contributed by atoms with Crippen molar-refractivity contribution >= 4 is 17.8 Å². The third-order valence-electron chi connectivity index (χ3n) is 3.12. The Hall–Kier alpha value is -2.68. The SMILES string of the molecule is Cc1ccc(/C=C2\N=C(c3ccccc3)NC2=O)cc1. The fraction of sp³-hybridized carbons (Fsp3) is 0.0588. The largest absolute Gasteiger partial charge is 0.305 e. The summed E-state index contributed by atoms with van der Waals surface area (Å²) < 4.78 is 0. The summed E-state index contributed by atoms with van der Waals surface area (Å²) >= 11 is 0. The zero-order chi connectivity index (χ0) is 13.9. The number of carbonyl (C=O) groups is 1. The topological polar surface area (TPSA) is 41.5 Å². The van der Waals surface area contributed by atoms with Gasteiger partial charge in [0.25, 0.3) is 5.91 Å². The van der Waals surface area contributed by atoms with Crippen molar-refractivity contribution in [2.45, 2.75) is 6.92 Å². The van der Waals surface area contributed by atoms with Crippen molar-refractivity contribution in [3.8, 4) is 0 Å². The summed E-state index contributed by atoms with van der Waals surface area (Å²) in [5, 5.41) is 2.79. The molecule has 1 aliphatic heterocycles. The molecule has 1 aliphatic rings. The van der Waals surface area contributed by atoms with Gasteiger partial charge in [0.15, 0.2) is 0 Å². The van der Waals surface area contributed by atoms with Gasteiger partial charge in [-0.25, -0.2) is 4.99 Å². The van der Waals surface area contributed by atoms with Crippen molar-refractivity contribution in [1.82, 2.24) is 5.32 Å². The predicted octanol–water partition coefficient (Wildman–Crippen LogP) is 2.91. The second-order valence-electron chi connectivity index (χ2n) is 4.72. The molecule has 1 amide bonds. The molecule has 3 nitrogen and oxygen atoms in total. The summed E-state index contributed by atoms with van der Waals surface area (Å²) in [6.45, 7) is 2.03. The number of amides is 1. The van der Waals surface area contributed by atoms with Gasteiger partial charge in [0, 0.05) is 5.56 Å². The standard InChI is InChI=1S/C17H14N2O/c1-12-7-9-13(10-8-12)11-15-17(20)19-16(18-15)14-5-3-2-4-6-14/h2-11H,1H3,(H,18,19,20)/b15-11-. The molecule has 0 unspecified atom stereocenters. The van der Waals surface area contributed by atoms with Gasteiger partial charge < -0.3 is 5.32 Å². The molecule has 2 aromatic carbocycles. The average molecular weight is 262 g/mol. The first-order chi connectivity index (χ1) is 9.72. The number of amidine groups is 1. The molecule has 0 bridgehead atoms. The molecule has 98 valence electrons. The van der Waals surface area contributed by atoms with Crippen LogP contribution in [0.15, 0.2) is 65.3 Å². The van der Waals surface area contributed by atoms with Crippen LogP contribution in [0, 0.1) is 6.92 Å². The number of rotatable bonds is 2. The van der Waals surface area contributed by atoms with Crippen molar-refractivity contribution in [2.75, 3.05) is 0 Å². The normalized spacial score (nSPS) is 16.1. The summed E-state index contributed by atoms with van der Waals surface area (Å²) in [6, 6.07) is 17.6. The zero-order valence-electron chi connectivity index (χ0n) is 11.1. The third-order valence-corrected chi connectivity index (χ3v) is 3.12. The molecule has 0 radical (unpaired) electrons. The molecule has 2 aromatic rings. The highest BCUT2D eigenvalue weighted by atomic mass is 16.2. The van der Waals surface area contributed by atoms with Crippen LogP contribution in [0.25, 0.3) is 6.08 Å². The molecule has 20 heavy (non-hydrogen) atoms. The van der Waals surface area contributed by atoms with Crippen LogP contribution in [-0.4, -0.2) is 11.7 Å². The molecular weight excluding hydrogens is 248 g/mol. The second kappa shape index (κ2) is 5.13. The Kier molecular flexibility index (Phi) is 3.17. The van der Waals surface area contributed by atoms with Crippen molar-refractivity contribution < 1.29 is 4.79 Å². The van der Waals surface area contributed by atoms with Gasteiger partial charge in [-0.2, -0.15) is 0 Å². The average Bonchev–Trinajstić information content (AvgIpc) is 2.84. The van der Waals surface area contributed by atoms with Crippen molar-refractivity contribution in [1.29, 1.82) is 0 Å². The van der Waals surface area contributed by atoms with Crippen LogP contribution in [-0.2, 0) is 4.79 Å². The van der Waals surface area contributed by atoms with Gasteiger partial charge in [0.2, 0.25) is 0 Å². The lowest BCUT2D eigenvalue weighted by Crippen LogP contribution is -2.24. The van der Waals surface area contributed by atoms with Crippen LogP contribution in [0.3, 0.4) is 0 Å². The maximum atomic E-state index is 11.9. The Morgan fingerprint density at radius 1 is 1.00 bits per heavy atom. The van der Waals surface area contributed by atoms with E-state index in [2.05, 4.69) is 10.3 Å². The van der Waals surface area contributed by atoms with Crippen molar-refractivity contribution in [2.24, 2.45) is 4.99 Å². The molecule has 0 saturated heterocycles. The third kappa shape index (κ3) is 2.52. The first-order valence-corrected chi connectivity index (χ1v) is 6.46. The highest BCUT2D eigenvalue weighted by Gasteiger charge is 2.20. The van der Waals surface area contributed by atoms with Crippen molar-refractivity contribution in [3.63, 3.8) is 0 Å². The van der Waals surface area contributed by atoms with Crippen LogP contribution in [0.5, 0.6) is 0 Å². The monoisotopic (exact) mass is 262 g/mol. The highest BCUT2D eigenvalue weighted by Crippen LogP contribution is 2.15. The van der Waals surface area contributed by atoms with Crippen LogP contribution in [0.2, 0.25) is 0 Å². The molecule has 1 N–H and O–H groups in total. The van der Waals surface area contributed by atoms with E-state index in [0.717, 1.165) is 11.1 Å². The number of aliphatic imine (C=N–C) groups is 1. The number of aryl methyl sites for hydroxylation is 1. The van der Waals surface area contributed by atoms with E-state index in [1.54, 1.807) is 6.08 Å². The van der Waals surface area contributed by atoms with Gasteiger partial charge in [0.1, 0.15) is 11.5 Å². The molecule has 3 heteroatoms. The van der Waals surface area contributed by atoms with E-state index < -0.39 is 0 Å². The van der Waals surface area contributed by atoms with Gasteiger partial charge in [-0.1, -0.05) is 60.2 Å². The number of nitrogens with one attached hydrogen (secondary N) is 1. The molecule has 0 aromatic heterocycles. The highest BCUT2D eigenvalue weighted by molar-refractivity contribution is 6.19. The zero-order valence-corrected chi connectivity index (χ0v) is 11.1. The predicted molar refractivity (Wildman–Crippen MR) is 80.3 cm³/mol. The van der Waals surface area contributed by atoms with E-state index in [0.29, 0.717) is 11.5 Å². The van der Waals surface area contributed by atoms with E-state index in [-0.39, 0.29) is 5.91 Å². The summed E-state index contributed by atoms with van der Waals surface area (Å²) in [4.78, 5) is 16.3. The fourth-order valence-corrected chi connectivity index (χ4v) is 2.02. The lowest BCUT2D eigenvalue weighted by atomic mass is 10.1. The lowest BCUT2D eigenvalue weighted by molar-refractivity contribution is -0.115. The Morgan fingerprint density at radius 3 is 2.40 bits per heavy atom. The van der Waals surface area contributed by atoms with Crippen LogP contribution < -0.4 is 5.32 Å². The van der Waals surface area contributed by atoms with E-state index in [9.17, 15) is 4.79 Å². The van der Waals surface area contributed by atoms with Crippen LogP contribution in [0.1, 0.15) is 16.7 Å². The summed E-state index contributed by atoms with van der Waals surface area (Å²) in [5.41, 5.74) is 3.51. The Balaban J connectivity index is 1.92. The molecular formula is C17H14N2O. The second-order valence-corrected chi connectivity index (χ2v) is 4.72. The minimum absolute atomic E-state index is 0.163. The summed E-state index contributed by atoms with van der Waals surface area (Å²) in [6.07, 6.45) is 1.80. The first kappa shape index (κ1) is 12.4. The van der Waals surface area contributed by atoms with Gasteiger partial charge in [0.05, 0.1) is 0 Å². The minimum atomic E-state index is -0.163. The quantitative estimate of drug-likeness (QED) is 0.831. The van der Waals surface area contributed by atoms with Crippen molar-refractivity contribution in [3.05, 3.63) is 77.0 Å². The van der Waals surface area contributed by atoms with Crippen LogP contribution in [0.4, 0.5) is 0 Å². The van der Waals surface area contributed by atoms with E-state index >= 15 is 0 Å². The van der Waals surface area contributed by atoms with Gasteiger partial charge in [-0.3, -0.25) is 4.79 Å². The van der Waals surface area contributed by atoms with E-state index in [1.165, 1.54) is 5.56 Å². The number of nitrogens with zero attached hydrogens (tertiary/aromatic N) is 1. The number of hydrogen-bond donors (Lipinski definition) is 1. The molecule has 1 heterocycles. The first-order valence-electron chi connectivity index (χ1n) is 6.46. The summed E-state index contributed by atoms with van der Waals surface area (Å²) in [7, 11) is 0. The fourth-order valence-electron chi connectivity index (χ4n) is 2.02. The molecule has 0 fully saturated rings.